The van der Waals surface area contributed by atoms with Crippen LogP contribution in [0.2, 0.25) is 0 Å². The Morgan fingerprint density at radius 3 is 2.38 bits per heavy atom. The molecule has 168 valence electrons. The largest absolute Gasteiger partial charge is 0.497 e. The van der Waals surface area contributed by atoms with E-state index in [2.05, 4.69) is 10.6 Å². The molecule has 1 saturated heterocycles. The maximum absolute atomic E-state index is 12.7. The summed E-state index contributed by atoms with van der Waals surface area (Å²) in [5.74, 6) is 0.691. The Kier molecular flexibility index (Phi) is 5.89. The number of carbonyl (C=O) groups excluding carboxylic acids is 3. The van der Waals surface area contributed by atoms with E-state index in [1.165, 1.54) is 0 Å². The third kappa shape index (κ3) is 4.32. The second-order valence-corrected chi connectivity index (χ2v) is 7.75. The summed E-state index contributed by atoms with van der Waals surface area (Å²) in [6, 6.07) is 12.3. The van der Waals surface area contributed by atoms with E-state index >= 15 is 0 Å². The molecular formula is C23H25N3O6. The van der Waals surface area contributed by atoms with E-state index in [0.717, 1.165) is 5.56 Å². The van der Waals surface area contributed by atoms with Gasteiger partial charge >= 0.3 is 6.09 Å². The molecule has 2 N–H and O–H groups in total. The standard InChI is InChI=1S/C23H25N3O6/c1-30-16-5-3-15(4-6-16)24-20(27)14-21(28)26-11-9-23(10-12-26)18-13-17(31-2)7-8-19(18)25-22(29)32-23/h3-8,13H,9-12,14H2,1-2H3,(H,24,27)(H,25,29). The van der Waals surface area contributed by atoms with Crippen LogP contribution in [-0.4, -0.2) is 50.1 Å². The molecule has 0 bridgehead atoms. The molecule has 2 aromatic rings. The highest BCUT2D eigenvalue weighted by atomic mass is 16.6. The monoisotopic (exact) mass is 439 g/mol. The minimum Gasteiger partial charge on any atom is -0.497 e. The quantitative estimate of drug-likeness (QED) is 0.694. The molecule has 2 aliphatic heterocycles. The molecule has 1 fully saturated rings. The summed E-state index contributed by atoms with van der Waals surface area (Å²) in [5, 5.41) is 5.43. The van der Waals surface area contributed by atoms with Gasteiger partial charge in [0, 0.05) is 37.2 Å². The molecule has 0 aliphatic carbocycles. The van der Waals surface area contributed by atoms with Gasteiger partial charge in [0.1, 0.15) is 23.5 Å². The predicted molar refractivity (Wildman–Crippen MR) is 117 cm³/mol. The molecular weight excluding hydrogens is 414 g/mol. The van der Waals surface area contributed by atoms with Crippen molar-refractivity contribution < 1.29 is 28.6 Å². The maximum Gasteiger partial charge on any atom is 0.412 e. The van der Waals surface area contributed by atoms with Gasteiger partial charge in [-0.2, -0.15) is 0 Å². The van der Waals surface area contributed by atoms with Crippen molar-refractivity contribution in [1.29, 1.82) is 0 Å². The van der Waals surface area contributed by atoms with Gasteiger partial charge in [-0.1, -0.05) is 0 Å². The Bertz CT molecular complexity index is 1030. The van der Waals surface area contributed by atoms with Crippen LogP contribution in [0.1, 0.15) is 24.8 Å². The third-order valence-corrected chi connectivity index (χ3v) is 5.85. The Morgan fingerprint density at radius 1 is 1.06 bits per heavy atom. The molecule has 0 unspecified atom stereocenters. The average molecular weight is 439 g/mol. The van der Waals surface area contributed by atoms with Crippen LogP contribution >= 0.6 is 0 Å². The van der Waals surface area contributed by atoms with Gasteiger partial charge in [0.25, 0.3) is 0 Å². The first-order chi connectivity index (χ1) is 15.4. The van der Waals surface area contributed by atoms with E-state index in [0.29, 0.717) is 48.8 Å². The summed E-state index contributed by atoms with van der Waals surface area (Å²) >= 11 is 0. The number of piperidine rings is 1. The first-order valence-corrected chi connectivity index (χ1v) is 10.3. The van der Waals surface area contributed by atoms with Gasteiger partial charge in [-0.05, 0) is 42.5 Å². The molecule has 1 spiro atoms. The topological polar surface area (TPSA) is 106 Å². The van der Waals surface area contributed by atoms with Crippen LogP contribution in [0, 0.1) is 0 Å². The fraction of sp³-hybridized carbons (Fsp3) is 0.348. The molecule has 0 radical (unpaired) electrons. The Morgan fingerprint density at radius 2 is 1.72 bits per heavy atom. The van der Waals surface area contributed by atoms with E-state index < -0.39 is 11.7 Å². The number of nitrogens with zero attached hydrogens (tertiary/aromatic N) is 1. The minimum atomic E-state index is -0.825. The lowest BCUT2D eigenvalue weighted by Gasteiger charge is -2.44. The molecule has 2 aromatic carbocycles. The lowest BCUT2D eigenvalue weighted by molar-refractivity contribution is -0.138. The molecule has 0 saturated carbocycles. The molecule has 32 heavy (non-hydrogen) atoms. The van der Waals surface area contributed by atoms with Crippen molar-refractivity contribution in [2.45, 2.75) is 24.9 Å². The number of hydrogen-bond acceptors (Lipinski definition) is 6. The van der Waals surface area contributed by atoms with Gasteiger partial charge in [0.2, 0.25) is 11.8 Å². The van der Waals surface area contributed by atoms with Crippen LogP contribution in [0.4, 0.5) is 16.2 Å². The summed E-state index contributed by atoms with van der Waals surface area (Å²) in [6.45, 7) is 0.747. The summed E-state index contributed by atoms with van der Waals surface area (Å²) in [6.07, 6.45) is 0.102. The second-order valence-electron chi connectivity index (χ2n) is 7.75. The molecule has 9 heteroatoms. The highest BCUT2D eigenvalue weighted by Gasteiger charge is 2.45. The second kappa shape index (κ2) is 8.78. The Labute approximate surface area is 185 Å². The van der Waals surface area contributed by atoms with Gasteiger partial charge in [-0.15, -0.1) is 0 Å². The molecule has 3 amide bonds. The van der Waals surface area contributed by atoms with Gasteiger partial charge in [-0.25, -0.2) is 4.79 Å². The van der Waals surface area contributed by atoms with Gasteiger partial charge in [-0.3, -0.25) is 14.9 Å². The molecule has 9 nitrogen and oxygen atoms in total. The van der Waals surface area contributed by atoms with Crippen LogP contribution in [-0.2, 0) is 19.9 Å². The summed E-state index contributed by atoms with van der Waals surface area (Å²) in [7, 11) is 3.14. The number of rotatable bonds is 5. The number of amides is 3. The predicted octanol–water partition coefficient (Wildman–Crippen LogP) is 3.11. The van der Waals surface area contributed by atoms with E-state index in [1.807, 2.05) is 6.07 Å². The van der Waals surface area contributed by atoms with Gasteiger partial charge < -0.3 is 24.4 Å². The lowest BCUT2D eigenvalue weighted by Crippen LogP contribution is -2.50. The zero-order valence-corrected chi connectivity index (χ0v) is 18.0. The number of fused-ring (bicyclic) bond motifs is 2. The van der Waals surface area contributed by atoms with Crippen LogP contribution in [0.3, 0.4) is 0 Å². The van der Waals surface area contributed by atoms with Crippen LogP contribution < -0.4 is 20.1 Å². The van der Waals surface area contributed by atoms with Gasteiger partial charge in [0.15, 0.2) is 0 Å². The highest BCUT2D eigenvalue weighted by molar-refractivity contribution is 6.03. The lowest BCUT2D eigenvalue weighted by atomic mass is 9.82. The molecule has 2 aliphatic rings. The fourth-order valence-corrected chi connectivity index (χ4v) is 4.12. The fourth-order valence-electron chi connectivity index (χ4n) is 4.12. The summed E-state index contributed by atoms with van der Waals surface area (Å²) in [5.41, 5.74) is 1.28. The number of nitrogens with one attached hydrogen (secondary N) is 2. The number of anilines is 2. The van der Waals surface area contributed by atoms with E-state index in [1.54, 1.807) is 55.5 Å². The van der Waals surface area contributed by atoms with Crippen LogP contribution in [0.15, 0.2) is 42.5 Å². The number of methoxy groups -OCH3 is 2. The van der Waals surface area contributed by atoms with Crippen molar-refractivity contribution in [2.24, 2.45) is 0 Å². The van der Waals surface area contributed by atoms with E-state index in [9.17, 15) is 14.4 Å². The molecule has 4 rings (SSSR count). The summed E-state index contributed by atoms with van der Waals surface area (Å²) < 4.78 is 16.1. The number of likely N-dealkylation sites (tertiary alicyclic amines) is 1. The maximum atomic E-state index is 12.7. The average Bonchev–Trinajstić information content (AvgIpc) is 2.79. The molecule has 0 aromatic heterocycles. The van der Waals surface area contributed by atoms with Crippen molar-refractivity contribution in [1.82, 2.24) is 4.90 Å². The zero-order valence-electron chi connectivity index (χ0n) is 18.0. The number of carbonyl (C=O) groups is 3. The first kappa shape index (κ1) is 21.5. The number of benzene rings is 2. The molecule has 2 heterocycles. The molecule has 0 atom stereocenters. The SMILES string of the molecule is COc1ccc(NC(=O)CC(=O)N2CCC3(CC2)OC(=O)Nc2ccc(OC)cc23)cc1. The van der Waals surface area contributed by atoms with Crippen LogP contribution in [0.25, 0.3) is 0 Å². The highest BCUT2D eigenvalue weighted by Crippen LogP contribution is 2.44. The first-order valence-electron chi connectivity index (χ1n) is 10.3. The van der Waals surface area contributed by atoms with Crippen LogP contribution in [0.5, 0.6) is 11.5 Å². The Balaban J connectivity index is 1.38. The van der Waals surface area contributed by atoms with Crippen molar-refractivity contribution in [3.05, 3.63) is 48.0 Å². The van der Waals surface area contributed by atoms with E-state index in [-0.39, 0.29) is 18.2 Å². The number of hydrogen-bond donors (Lipinski definition) is 2. The summed E-state index contributed by atoms with van der Waals surface area (Å²) in [4.78, 5) is 38.8. The number of ether oxygens (including phenoxy) is 3. The van der Waals surface area contributed by atoms with Crippen molar-refractivity contribution in [3.8, 4) is 11.5 Å². The van der Waals surface area contributed by atoms with Gasteiger partial charge in [0.05, 0.1) is 19.9 Å². The third-order valence-electron chi connectivity index (χ3n) is 5.85. The van der Waals surface area contributed by atoms with E-state index in [4.69, 9.17) is 14.2 Å². The zero-order chi connectivity index (χ0) is 22.7. The van der Waals surface area contributed by atoms with Crippen molar-refractivity contribution >= 4 is 29.3 Å². The normalized spacial score (nSPS) is 16.4. The van der Waals surface area contributed by atoms with Crippen molar-refractivity contribution in [2.75, 3.05) is 37.9 Å². The van der Waals surface area contributed by atoms with Crippen molar-refractivity contribution in [3.63, 3.8) is 0 Å². The Hall–Kier alpha value is -3.75. The smallest absolute Gasteiger partial charge is 0.412 e. The minimum absolute atomic E-state index is 0.259.